The Kier molecular flexibility index (Phi) is 4.86. The molecule has 1 amide bonds. The first-order valence-corrected chi connectivity index (χ1v) is 7.87. The molecule has 1 aromatic heterocycles. The van der Waals surface area contributed by atoms with Gasteiger partial charge in [0.15, 0.2) is 11.6 Å². The van der Waals surface area contributed by atoms with Crippen LogP contribution in [0.15, 0.2) is 42.6 Å². The summed E-state index contributed by atoms with van der Waals surface area (Å²) in [5.41, 5.74) is -1.35. The quantitative estimate of drug-likeness (QED) is 0.639. The molecule has 0 aliphatic heterocycles. The Labute approximate surface area is 151 Å². The monoisotopic (exact) mass is 383 g/mol. The molecule has 3 rings (SSSR count). The average Bonchev–Trinajstić information content (AvgIpc) is 3.00. The van der Waals surface area contributed by atoms with Gasteiger partial charge in [0.05, 0.1) is 5.56 Å². The Morgan fingerprint density at radius 2 is 2.04 bits per heavy atom. The van der Waals surface area contributed by atoms with Gasteiger partial charge in [-0.1, -0.05) is 24.3 Å². The third-order valence-electron chi connectivity index (χ3n) is 4.08. The number of aromatic nitrogens is 2. The number of benzene rings is 1. The summed E-state index contributed by atoms with van der Waals surface area (Å²) >= 11 is 0. The maximum Gasteiger partial charge on any atom is 0.282 e. The molecule has 1 aliphatic rings. The van der Waals surface area contributed by atoms with Crippen molar-refractivity contribution >= 4 is 11.5 Å². The lowest BCUT2D eigenvalue weighted by Gasteiger charge is -2.30. The number of carbonyl (C=O) groups excluding carboxylic acids is 1. The van der Waals surface area contributed by atoms with Crippen LogP contribution >= 0.6 is 0 Å². The summed E-state index contributed by atoms with van der Waals surface area (Å²) in [5.74, 6) is -5.87. The molecule has 1 aliphatic carbocycles. The van der Waals surface area contributed by atoms with E-state index in [0.29, 0.717) is 0 Å². The van der Waals surface area contributed by atoms with Crippen LogP contribution in [0.3, 0.4) is 0 Å². The first kappa shape index (κ1) is 18.8. The second-order valence-electron chi connectivity index (χ2n) is 6.00. The minimum atomic E-state index is -3.02. The highest BCUT2D eigenvalue weighted by Crippen LogP contribution is 2.36. The largest absolute Gasteiger partial charge is 0.316 e. The highest BCUT2D eigenvalue weighted by molar-refractivity contribution is 5.97. The number of halogens is 5. The van der Waals surface area contributed by atoms with E-state index in [-0.39, 0.29) is 17.6 Å². The zero-order valence-corrected chi connectivity index (χ0v) is 14.0. The molecule has 1 atom stereocenters. The van der Waals surface area contributed by atoms with Crippen LogP contribution in [0, 0.1) is 11.6 Å². The van der Waals surface area contributed by atoms with E-state index in [9.17, 15) is 22.4 Å². The van der Waals surface area contributed by atoms with Crippen LogP contribution < -0.4 is 5.32 Å². The van der Waals surface area contributed by atoms with E-state index in [1.165, 1.54) is 31.3 Å². The molecule has 0 fully saturated rings. The van der Waals surface area contributed by atoms with Gasteiger partial charge in [0.2, 0.25) is 5.79 Å². The molecule has 0 radical (unpaired) electrons. The van der Waals surface area contributed by atoms with Crippen LogP contribution in [-0.4, -0.2) is 21.5 Å². The molecule has 0 bridgehead atoms. The number of alkyl halides is 3. The van der Waals surface area contributed by atoms with Gasteiger partial charge in [-0.25, -0.2) is 22.0 Å². The zero-order valence-electron chi connectivity index (χ0n) is 14.0. The Morgan fingerprint density at radius 3 is 2.70 bits per heavy atom. The Bertz CT molecular complexity index is 950. The fraction of sp³-hybridized carbons (Fsp3) is 0.222. The molecule has 142 valence electrons. The summed E-state index contributed by atoms with van der Waals surface area (Å²) in [7, 11) is 1.35. The number of nitrogens with one attached hydrogen (secondary N) is 1. The van der Waals surface area contributed by atoms with Gasteiger partial charge in [-0.05, 0) is 17.7 Å². The van der Waals surface area contributed by atoms with Crippen molar-refractivity contribution < 1.29 is 26.7 Å². The van der Waals surface area contributed by atoms with Crippen LogP contribution in [0.25, 0.3) is 5.57 Å². The van der Waals surface area contributed by atoms with E-state index in [4.69, 9.17) is 0 Å². The van der Waals surface area contributed by atoms with Crippen molar-refractivity contribution in [3.05, 3.63) is 71.1 Å². The molecule has 9 heteroatoms. The summed E-state index contributed by atoms with van der Waals surface area (Å²) in [6.07, 6.45) is 1.94. The lowest BCUT2D eigenvalue weighted by molar-refractivity contribution is 0.0821. The van der Waals surface area contributed by atoms with Crippen molar-refractivity contribution in [2.75, 3.05) is 0 Å². The summed E-state index contributed by atoms with van der Waals surface area (Å²) in [6.45, 7) is 0. The molecule has 1 N–H and O–H groups in total. The number of aryl methyl sites for hydroxylation is 1. The number of amides is 1. The highest BCUT2D eigenvalue weighted by atomic mass is 19.3. The number of rotatable bonds is 4. The van der Waals surface area contributed by atoms with Crippen LogP contribution in [0.5, 0.6) is 0 Å². The maximum absolute atomic E-state index is 15.5. The molecule has 27 heavy (non-hydrogen) atoms. The van der Waals surface area contributed by atoms with Crippen molar-refractivity contribution in [3.8, 4) is 0 Å². The molecule has 1 aromatic carbocycles. The molecule has 0 saturated carbocycles. The number of hydrogen-bond acceptors (Lipinski definition) is 2. The van der Waals surface area contributed by atoms with Gasteiger partial charge in [0, 0.05) is 25.2 Å². The van der Waals surface area contributed by atoms with E-state index in [1.807, 2.05) is 0 Å². The second-order valence-corrected chi connectivity index (χ2v) is 6.00. The lowest BCUT2D eigenvalue weighted by atomic mass is 9.89. The van der Waals surface area contributed by atoms with Crippen LogP contribution in [0.2, 0.25) is 0 Å². The fourth-order valence-electron chi connectivity index (χ4n) is 2.83. The van der Waals surface area contributed by atoms with Gasteiger partial charge in [-0.15, -0.1) is 0 Å². The van der Waals surface area contributed by atoms with Gasteiger partial charge in [0.25, 0.3) is 12.3 Å². The number of allylic oxidation sites excluding steroid dienone is 2. The van der Waals surface area contributed by atoms with Crippen LogP contribution in [-0.2, 0) is 7.05 Å². The summed E-state index contributed by atoms with van der Waals surface area (Å²) in [6, 6.07) is 2.80. The van der Waals surface area contributed by atoms with Crippen LogP contribution in [0.4, 0.5) is 22.0 Å². The molecule has 0 spiro atoms. The second kappa shape index (κ2) is 6.98. The van der Waals surface area contributed by atoms with Crippen LogP contribution in [0.1, 0.15) is 34.5 Å². The zero-order chi connectivity index (χ0) is 19.8. The molecular formula is C18H14F5N3O. The van der Waals surface area contributed by atoms with Gasteiger partial charge in [-0.2, -0.15) is 5.10 Å². The average molecular weight is 383 g/mol. The number of nitrogens with zero attached hydrogens (tertiary/aromatic N) is 2. The Hall–Kier alpha value is -2.97. The van der Waals surface area contributed by atoms with Gasteiger partial charge in [0.1, 0.15) is 5.69 Å². The molecule has 4 nitrogen and oxygen atoms in total. The maximum atomic E-state index is 15.5. The van der Waals surface area contributed by atoms with Gasteiger partial charge >= 0.3 is 0 Å². The third kappa shape index (κ3) is 3.62. The molecule has 1 heterocycles. The number of carbonyl (C=O) groups is 1. The lowest BCUT2D eigenvalue weighted by Crippen LogP contribution is -2.46. The molecular weight excluding hydrogens is 369 g/mol. The van der Waals surface area contributed by atoms with Crippen molar-refractivity contribution in [1.82, 2.24) is 15.1 Å². The van der Waals surface area contributed by atoms with Crippen molar-refractivity contribution in [3.63, 3.8) is 0 Å². The standard InChI is InChI=1S/C18H14F5N3O/c1-26-9-11(15(25-26)16(21)22)17(27)24-18(23)7-3-2-4-12(18)10-5-6-13(19)14(20)8-10/h2-6,8-9,16H,7H2,1H3,(H,24,27). The normalized spacial score (nSPS) is 19.3. The van der Waals surface area contributed by atoms with E-state index in [1.54, 1.807) is 0 Å². The van der Waals surface area contributed by atoms with E-state index in [2.05, 4.69) is 10.4 Å². The fourth-order valence-corrected chi connectivity index (χ4v) is 2.83. The van der Waals surface area contributed by atoms with E-state index >= 15 is 4.39 Å². The minimum Gasteiger partial charge on any atom is -0.316 e. The molecule has 2 aromatic rings. The SMILES string of the molecule is Cn1cc(C(=O)NC2(F)CC=CC=C2c2ccc(F)c(F)c2)c(C(F)F)n1. The first-order valence-electron chi connectivity index (χ1n) is 7.87. The minimum absolute atomic E-state index is 0.0151. The van der Waals surface area contributed by atoms with Crippen molar-refractivity contribution in [2.24, 2.45) is 7.05 Å². The van der Waals surface area contributed by atoms with Crippen molar-refractivity contribution in [2.45, 2.75) is 18.6 Å². The number of hydrogen-bond donors (Lipinski definition) is 1. The van der Waals surface area contributed by atoms with Gasteiger partial charge < -0.3 is 5.32 Å². The highest BCUT2D eigenvalue weighted by Gasteiger charge is 2.38. The third-order valence-corrected chi connectivity index (χ3v) is 4.08. The Balaban J connectivity index is 1.94. The first-order chi connectivity index (χ1) is 12.7. The summed E-state index contributed by atoms with van der Waals surface area (Å²) in [5, 5.41) is 5.58. The predicted octanol–water partition coefficient (Wildman–Crippen LogP) is 4.08. The smallest absolute Gasteiger partial charge is 0.282 e. The molecule has 1 unspecified atom stereocenters. The summed E-state index contributed by atoms with van der Waals surface area (Å²) < 4.78 is 69.4. The Morgan fingerprint density at radius 1 is 1.30 bits per heavy atom. The van der Waals surface area contributed by atoms with Gasteiger partial charge in [-0.3, -0.25) is 9.48 Å². The topological polar surface area (TPSA) is 46.9 Å². The van der Waals surface area contributed by atoms with Crippen molar-refractivity contribution in [1.29, 1.82) is 0 Å². The molecule has 0 saturated heterocycles. The summed E-state index contributed by atoms with van der Waals surface area (Å²) in [4.78, 5) is 12.4. The van der Waals surface area contributed by atoms with E-state index in [0.717, 1.165) is 23.0 Å². The predicted molar refractivity (Wildman–Crippen MR) is 87.6 cm³/mol. The van der Waals surface area contributed by atoms with E-state index < -0.39 is 41.0 Å².